The van der Waals surface area contributed by atoms with Crippen LogP contribution in [0.25, 0.3) is 10.2 Å². The molecule has 5 nitrogen and oxygen atoms in total. The Kier molecular flexibility index (Phi) is 4.89. The minimum Gasteiger partial charge on any atom is -0.503 e. The van der Waals surface area contributed by atoms with Crippen LogP contribution in [0.2, 0.25) is 5.02 Å². The van der Waals surface area contributed by atoms with Gasteiger partial charge in [-0.2, -0.15) is 0 Å². The van der Waals surface area contributed by atoms with Gasteiger partial charge in [0.25, 0.3) is 5.91 Å². The number of hydrogen-bond donors (Lipinski definition) is 1. The van der Waals surface area contributed by atoms with E-state index in [9.17, 15) is 14.7 Å². The molecule has 0 radical (unpaired) electrons. The van der Waals surface area contributed by atoms with Gasteiger partial charge in [-0.3, -0.25) is 14.5 Å². The molecule has 8 heteroatoms. The first-order valence-corrected chi connectivity index (χ1v) is 11.5. The number of hydrogen-bond acceptors (Lipinski definition) is 6. The van der Waals surface area contributed by atoms with E-state index < -0.39 is 17.7 Å². The Morgan fingerprint density at radius 3 is 2.74 bits per heavy atom. The molecule has 154 valence electrons. The van der Waals surface area contributed by atoms with Crippen LogP contribution in [0.15, 0.2) is 71.3 Å². The maximum absolute atomic E-state index is 13.3. The lowest BCUT2D eigenvalue weighted by Gasteiger charge is -2.24. The van der Waals surface area contributed by atoms with Crippen LogP contribution < -0.4 is 4.90 Å². The summed E-state index contributed by atoms with van der Waals surface area (Å²) in [6.45, 7) is 1.99. The molecule has 3 heterocycles. The summed E-state index contributed by atoms with van der Waals surface area (Å²) in [7, 11) is 0. The van der Waals surface area contributed by atoms with Crippen molar-refractivity contribution in [3.05, 3.63) is 92.3 Å². The average molecular weight is 467 g/mol. The van der Waals surface area contributed by atoms with Gasteiger partial charge in [0.2, 0.25) is 5.78 Å². The Bertz CT molecular complexity index is 1370. The molecule has 0 saturated heterocycles. The van der Waals surface area contributed by atoms with Crippen molar-refractivity contribution in [2.24, 2.45) is 0 Å². The van der Waals surface area contributed by atoms with Gasteiger partial charge < -0.3 is 5.11 Å². The van der Waals surface area contributed by atoms with Crippen LogP contribution in [-0.4, -0.2) is 21.8 Å². The molecular weight excluding hydrogens is 452 g/mol. The molecule has 0 bridgehead atoms. The molecule has 1 N–H and O–H groups in total. The predicted octanol–water partition coefficient (Wildman–Crippen LogP) is 6.10. The highest BCUT2D eigenvalue weighted by Gasteiger charge is 2.46. The maximum atomic E-state index is 13.3. The van der Waals surface area contributed by atoms with E-state index in [4.69, 9.17) is 11.6 Å². The zero-order valence-electron chi connectivity index (χ0n) is 16.2. The number of aliphatic hydroxyl groups excluding tert-OH is 1. The molecule has 0 spiro atoms. The Hall–Kier alpha value is -3.00. The van der Waals surface area contributed by atoms with Crippen molar-refractivity contribution >= 4 is 61.3 Å². The minimum atomic E-state index is -0.831. The summed E-state index contributed by atoms with van der Waals surface area (Å²) in [6.07, 6.45) is 0. The number of rotatable bonds is 4. The lowest BCUT2D eigenvalue weighted by atomic mass is 9.95. The summed E-state index contributed by atoms with van der Waals surface area (Å²) in [6, 6.07) is 15.4. The summed E-state index contributed by atoms with van der Waals surface area (Å²) in [5.74, 6) is -1.59. The number of aryl methyl sites for hydroxylation is 1. The second kappa shape index (κ2) is 7.60. The van der Waals surface area contributed by atoms with Gasteiger partial charge >= 0.3 is 0 Å². The van der Waals surface area contributed by atoms with Gasteiger partial charge in [0, 0.05) is 5.02 Å². The molecule has 31 heavy (non-hydrogen) atoms. The van der Waals surface area contributed by atoms with Gasteiger partial charge in [-0.15, -0.1) is 11.3 Å². The molecule has 1 unspecified atom stereocenters. The number of Topliss-reactive ketones (excluding diaryl/α,β-unsaturated/α-hetero) is 1. The van der Waals surface area contributed by atoms with E-state index in [0.717, 1.165) is 15.8 Å². The summed E-state index contributed by atoms with van der Waals surface area (Å²) in [4.78, 5) is 33.0. The van der Waals surface area contributed by atoms with Crippen LogP contribution in [0.1, 0.15) is 26.8 Å². The summed E-state index contributed by atoms with van der Waals surface area (Å²) >= 11 is 8.82. The molecule has 2 aromatic heterocycles. The number of thiazole rings is 1. The standard InChI is InChI=1S/C23H15ClN2O3S2/c1-12-7-8-15-17(10-12)31-23(25-15)26-19(13-4-2-5-14(24)11-13)18(21(28)22(26)29)20(27)16-6-3-9-30-16/h2-11,19,28H,1H3. The van der Waals surface area contributed by atoms with Gasteiger partial charge in [0.1, 0.15) is 0 Å². The van der Waals surface area contributed by atoms with E-state index in [1.54, 1.807) is 41.8 Å². The number of halogens is 1. The average Bonchev–Trinajstić information content (AvgIpc) is 3.46. The van der Waals surface area contributed by atoms with Crippen molar-refractivity contribution in [1.82, 2.24) is 4.98 Å². The van der Waals surface area contributed by atoms with Crippen molar-refractivity contribution in [2.45, 2.75) is 13.0 Å². The zero-order valence-corrected chi connectivity index (χ0v) is 18.6. The highest BCUT2D eigenvalue weighted by atomic mass is 35.5. The van der Waals surface area contributed by atoms with Crippen molar-refractivity contribution in [2.75, 3.05) is 4.90 Å². The van der Waals surface area contributed by atoms with Gasteiger partial charge in [-0.05, 0) is 53.8 Å². The number of carbonyl (C=O) groups is 2. The highest BCUT2D eigenvalue weighted by molar-refractivity contribution is 7.22. The molecule has 1 aliphatic heterocycles. The minimum absolute atomic E-state index is 0.0325. The fourth-order valence-electron chi connectivity index (χ4n) is 3.69. The van der Waals surface area contributed by atoms with Crippen LogP contribution in [0.5, 0.6) is 0 Å². The molecular formula is C23H15ClN2O3S2. The molecule has 1 atom stereocenters. The fourth-order valence-corrected chi connectivity index (χ4v) is 5.66. The fraction of sp³-hybridized carbons (Fsp3) is 0.0870. The largest absolute Gasteiger partial charge is 0.503 e. The Balaban J connectivity index is 1.70. The van der Waals surface area contributed by atoms with Crippen LogP contribution in [0.4, 0.5) is 5.13 Å². The summed E-state index contributed by atoms with van der Waals surface area (Å²) in [5, 5.41) is 13.5. The van der Waals surface area contributed by atoms with Crippen LogP contribution in [-0.2, 0) is 4.79 Å². The smallest absolute Gasteiger partial charge is 0.296 e. The van der Waals surface area contributed by atoms with Crippen LogP contribution >= 0.6 is 34.3 Å². The van der Waals surface area contributed by atoms with Crippen molar-refractivity contribution in [3.8, 4) is 0 Å². The molecule has 4 aromatic rings. The number of fused-ring (bicyclic) bond motifs is 1. The molecule has 2 aromatic carbocycles. The molecule has 5 rings (SSSR count). The van der Waals surface area contributed by atoms with Crippen molar-refractivity contribution in [1.29, 1.82) is 0 Å². The van der Waals surface area contributed by atoms with E-state index in [1.165, 1.54) is 27.6 Å². The van der Waals surface area contributed by atoms with E-state index in [1.807, 2.05) is 25.1 Å². The number of nitrogens with zero attached hydrogens (tertiary/aromatic N) is 2. The number of thiophene rings is 1. The third-order valence-electron chi connectivity index (χ3n) is 5.10. The number of carbonyl (C=O) groups excluding carboxylic acids is 2. The number of aliphatic hydroxyl groups is 1. The predicted molar refractivity (Wildman–Crippen MR) is 124 cm³/mol. The number of amides is 1. The van der Waals surface area contributed by atoms with Crippen LogP contribution in [0, 0.1) is 6.92 Å². The second-order valence-electron chi connectivity index (χ2n) is 7.17. The Labute approximate surface area is 190 Å². The van der Waals surface area contributed by atoms with Gasteiger partial charge in [-0.25, -0.2) is 4.98 Å². The number of anilines is 1. The molecule has 1 aliphatic rings. The quantitative estimate of drug-likeness (QED) is 0.369. The van der Waals surface area contributed by atoms with Gasteiger partial charge in [0.15, 0.2) is 10.9 Å². The lowest BCUT2D eigenvalue weighted by Crippen LogP contribution is -2.30. The lowest BCUT2D eigenvalue weighted by molar-refractivity contribution is -0.117. The molecule has 1 amide bonds. The van der Waals surface area contributed by atoms with E-state index in [0.29, 0.717) is 20.6 Å². The van der Waals surface area contributed by atoms with E-state index in [2.05, 4.69) is 4.98 Å². The SMILES string of the molecule is Cc1ccc2nc(N3C(=O)C(O)=C(C(=O)c4cccs4)C3c3cccc(Cl)c3)sc2c1. The molecule has 0 aliphatic carbocycles. The number of aromatic nitrogens is 1. The summed E-state index contributed by atoms with van der Waals surface area (Å²) < 4.78 is 0.921. The second-order valence-corrected chi connectivity index (χ2v) is 9.56. The highest BCUT2D eigenvalue weighted by Crippen LogP contribution is 2.44. The summed E-state index contributed by atoms with van der Waals surface area (Å²) in [5.41, 5.74) is 2.49. The first-order chi connectivity index (χ1) is 14.9. The van der Waals surface area contributed by atoms with E-state index >= 15 is 0 Å². The topological polar surface area (TPSA) is 70.5 Å². The van der Waals surface area contributed by atoms with Crippen molar-refractivity contribution in [3.63, 3.8) is 0 Å². The van der Waals surface area contributed by atoms with Crippen molar-refractivity contribution < 1.29 is 14.7 Å². The molecule has 0 fully saturated rings. The monoisotopic (exact) mass is 466 g/mol. The Morgan fingerprint density at radius 1 is 1.16 bits per heavy atom. The van der Waals surface area contributed by atoms with E-state index in [-0.39, 0.29) is 11.4 Å². The maximum Gasteiger partial charge on any atom is 0.296 e. The van der Waals surface area contributed by atoms with Crippen LogP contribution in [0.3, 0.4) is 0 Å². The first kappa shape index (κ1) is 19.9. The van der Waals surface area contributed by atoms with Gasteiger partial charge in [0.05, 0.1) is 26.7 Å². The van der Waals surface area contributed by atoms with Gasteiger partial charge in [-0.1, -0.05) is 47.2 Å². The third-order valence-corrected chi connectivity index (χ3v) is 7.22. The first-order valence-electron chi connectivity index (χ1n) is 9.41. The number of benzene rings is 2. The number of ketones is 1. The normalized spacial score (nSPS) is 16.5. The zero-order chi connectivity index (χ0) is 21.7. The molecule has 0 saturated carbocycles. The third kappa shape index (κ3) is 3.35. The Morgan fingerprint density at radius 2 is 2.00 bits per heavy atom.